The quantitative estimate of drug-likeness (QED) is 0.345. The summed E-state index contributed by atoms with van der Waals surface area (Å²) in [5.41, 5.74) is 2.52. The zero-order valence-corrected chi connectivity index (χ0v) is 18.3. The number of guanidine groups is 1. The average molecular weight is 501 g/mol. The van der Waals surface area contributed by atoms with E-state index in [1.54, 1.807) is 19.2 Å². The molecule has 0 amide bonds. The maximum atomic E-state index is 13.7. The third-order valence-electron chi connectivity index (χ3n) is 4.07. The molecule has 0 atom stereocenters. The number of hydrogen-bond donors (Lipinski definition) is 2. The number of hydrogen-bond acceptors (Lipinski definition) is 4. The highest BCUT2D eigenvalue weighted by Gasteiger charge is 2.13. The van der Waals surface area contributed by atoms with Gasteiger partial charge in [-0.25, -0.2) is 9.38 Å². The summed E-state index contributed by atoms with van der Waals surface area (Å²) in [6.07, 6.45) is 0. The van der Waals surface area contributed by atoms with Gasteiger partial charge in [0.1, 0.15) is 5.82 Å². The Labute approximate surface area is 181 Å². The van der Waals surface area contributed by atoms with E-state index in [1.807, 2.05) is 25.1 Å². The largest absolute Gasteiger partial charge is 0.454 e. The van der Waals surface area contributed by atoms with Gasteiger partial charge in [0, 0.05) is 25.8 Å². The fraction of sp³-hybridized carbons (Fsp3) is 0.350. The van der Waals surface area contributed by atoms with Crippen LogP contribution in [-0.4, -0.2) is 26.4 Å². The molecule has 2 aromatic carbocycles. The summed E-state index contributed by atoms with van der Waals surface area (Å²) in [5, 5.41) is 6.50. The first-order valence-electron chi connectivity index (χ1n) is 8.86. The zero-order valence-electron chi connectivity index (χ0n) is 16.0. The van der Waals surface area contributed by atoms with Crippen LogP contribution in [0.4, 0.5) is 4.39 Å². The van der Waals surface area contributed by atoms with Crippen molar-refractivity contribution < 1.29 is 18.6 Å². The lowest BCUT2D eigenvalue weighted by Crippen LogP contribution is -2.36. The number of methoxy groups -OCH3 is 1. The molecule has 0 spiro atoms. The van der Waals surface area contributed by atoms with Gasteiger partial charge < -0.3 is 24.8 Å². The van der Waals surface area contributed by atoms with Gasteiger partial charge in [-0.3, -0.25) is 0 Å². The lowest BCUT2D eigenvalue weighted by Gasteiger charge is -2.12. The van der Waals surface area contributed by atoms with Crippen molar-refractivity contribution in [3.63, 3.8) is 0 Å². The van der Waals surface area contributed by atoms with Crippen molar-refractivity contribution in [1.29, 1.82) is 0 Å². The summed E-state index contributed by atoms with van der Waals surface area (Å²) in [6, 6.07) is 10.8. The summed E-state index contributed by atoms with van der Waals surface area (Å²) in [7, 11) is 1.55. The van der Waals surface area contributed by atoms with E-state index in [-0.39, 0.29) is 43.2 Å². The number of fused-ring (bicyclic) bond motifs is 1. The average Bonchev–Trinajstić information content (AvgIpc) is 3.14. The molecule has 0 aromatic heterocycles. The van der Waals surface area contributed by atoms with Crippen LogP contribution >= 0.6 is 24.0 Å². The molecular weight excluding hydrogens is 476 g/mol. The number of aliphatic imine (C=N–C) groups is 1. The number of benzene rings is 2. The molecule has 2 aromatic rings. The Bertz CT molecular complexity index is 817. The van der Waals surface area contributed by atoms with Crippen LogP contribution in [0.15, 0.2) is 41.4 Å². The Balaban J connectivity index is 0.00000280. The van der Waals surface area contributed by atoms with E-state index in [0.717, 1.165) is 29.2 Å². The molecule has 0 unspecified atom stereocenters. The van der Waals surface area contributed by atoms with Gasteiger partial charge in [0.15, 0.2) is 17.5 Å². The summed E-state index contributed by atoms with van der Waals surface area (Å²) in [6.45, 7) is 4.29. The minimum absolute atomic E-state index is 0. The second kappa shape index (κ2) is 11.1. The Morgan fingerprint density at radius 2 is 1.89 bits per heavy atom. The van der Waals surface area contributed by atoms with Crippen molar-refractivity contribution in [3.8, 4) is 11.5 Å². The van der Waals surface area contributed by atoms with Gasteiger partial charge in [0.2, 0.25) is 6.79 Å². The molecule has 2 N–H and O–H groups in total. The first kappa shape index (κ1) is 22.2. The van der Waals surface area contributed by atoms with E-state index in [0.29, 0.717) is 24.6 Å². The molecule has 28 heavy (non-hydrogen) atoms. The Morgan fingerprint density at radius 3 is 2.68 bits per heavy atom. The summed E-state index contributed by atoms with van der Waals surface area (Å²) in [5.74, 6) is 1.95. The van der Waals surface area contributed by atoms with Gasteiger partial charge in [-0.05, 0) is 42.3 Å². The van der Waals surface area contributed by atoms with Crippen LogP contribution in [0.25, 0.3) is 0 Å². The molecular formula is C20H25FIN3O3. The summed E-state index contributed by atoms with van der Waals surface area (Å²) >= 11 is 0. The first-order valence-corrected chi connectivity index (χ1v) is 8.86. The molecule has 1 aliphatic heterocycles. The highest BCUT2D eigenvalue weighted by Crippen LogP contribution is 2.32. The van der Waals surface area contributed by atoms with Crippen molar-refractivity contribution in [3.05, 3.63) is 58.9 Å². The molecule has 3 rings (SSSR count). The van der Waals surface area contributed by atoms with E-state index < -0.39 is 0 Å². The van der Waals surface area contributed by atoms with Gasteiger partial charge in [0.05, 0.1) is 13.2 Å². The Hall–Kier alpha value is -2.07. The molecule has 0 aliphatic carbocycles. The summed E-state index contributed by atoms with van der Waals surface area (Å²) in [4.78, 5) is 4.58. The van der Waals surface area contributed by atoms with E-state index >= 15 is 0 Å². The van der Waals surface area contributed by atoms with Crippen molar-refractivity contribution in [2.75, 3.05) is 20.4 Å². The van der Waals surface area contributed by atoms with E-state index in [4.69, 9.17) is 14.2 Å². The predicted molar refractivity (Wildman–Crippen MR) is 117 cm³/mol. The van der Waals surface area contributed by atoms with E-state index in [1.165, 1.54) is 6.07 Å². The van der Waals surface area contributed by atoms with Crippen LogP contribution in [0.1, 0.15) is 23.6 Å². The van der Waals surface area contributed by atoms with Crippen LogP contribution in [0, 0.1) is 5.82 Å². The Morgan fingerprint density at radius 1 is 1.11 bits per heavy atom. The van der Waals surface area contributed by atoms with Crippen molar-refractivity contribution in [2.24, 2.45) is 4.99 Å². The van der Waals surface area contributed by atoms with Crippen LogP contribution in [0.5, 0.6) is 11.5 Å². The number of ether oxygens (including phenoxy) is 3. The van der Waals surface area contributed by atoms with E-state index in [2.05, 4.69) is 15.6 Å². The standard InChI is InChI=1S/C20H24FN3O3.HI/c1-3-22-20(23-10-14-4-6-17(21)16(8-14)12-25-2)24-11-15-5-7-18-19(9-15)27-13-26-18;/h4-9H,3,10-13H2,1-2H3,(H2,22,23,24);1H. The third kappa shape index (κ3) is 5.96. The minimum atomic E-state index is -0.266. The molecule has 152 valence electrons. The number of rotatable bonds is 7. The SMILES string of the molecule is CCNC(=NCc1ccc(F)c(COC)c1)NCc1ccc2c(c1)OCO2.I. The lowest BCUT2D eigenvalue weighted by molar-refractivity contribution is 0.174. The maximum Gasteiger partial charge on any atom is 0.231 e. The monoisotopic (exact) mass is 501 g/mol. The number of halogens is 2. The Kier molecular flexibility index (Phi) is 8.78. The molecule has 6 nitrogen and oxygen atoms in total. The topological polar surface area (TPSA) is 64.1 Å². The molecule has 0 saturated heterocycles. The molecule has 8 heteroatoms. The van der Waals surface area contributed by atoms with E-state index in [9.17, 15) is 4.39 Å². The van der Waals surface area contributed by atoms with Gasteiger partial charge in [0.25, 0.3) is 0 Å². The minimum Gasteiger partial charge on any atom is -0.454 e. The van der Waals surface area contributed by atoms with Crippen LogP contribution in [0.3, 0.4) is 0 Å². The fourth-order valence-corrected chi connectivity index (χ4v) is 2.74. The van der Waals surface area contributed by atoms with Crippen LogP contribution < -0.4 is 20.1 Å². The molecule has 0 saturated carbocycles. The molecule has 0 fully saturated rings. The van der Waals surface area contributed by atoms with Gasteiger partial charge in [-0.2, -0.15) is 0 Å². The van der Waals surface area contributed by atoms with Gasteiger partial charge in [-0.15, -0.1) is 24.0 Å². The van der Waals surface area contributed by atoms with Crippen LogP contribution in [0.2, 0.25) is 0 Å². The smallest absolute Gasteiger partial charge is 0.231 e. The first-order chi connectivity index (χ1) is 13.2. The molecule has 1 aliphatic rings. The number of nitrogens with one attached hydrogen (secondary N) is 2. The third-order valence-corrected chi connectivity index (χ3v) is 4.07. The molecule has 1 heterocycles. The predicted octanol–water partition coefficient (Wildman–Crippen LogP) is 3.57. The second-order valence-corrected chi connectivity index (χ2v) is 6.10. The van der Waals surface area contributed by atoms with Gasteiger partial charge in [-0.1, -0.05) is 12.1 Å². The van der Waals surface area contributed by atoms with Gasteiger partial charge >= 0.3 is 0 Å². The van der Waals surface area contributed by atoms with Crippen LogP contribution in [-0.2, 0) is 24.4 Å². The second-order valence-electron chi connectivity index (χ2n) is 6.10. The zero-order chi connectivity index (χ0) is 19.1. The van der Waals surface area contributed by atoms with Crippen molar-refractivity contribution in [2.45, 2.75) is 26.6 Å². The number of nitrogens with zero attached hydrogens (tertiary/aromatic N) is 1. The molecule has 0 bridgehead atoms. The highest BCUT2D eigenvalue weighted by molar-refractivity contribution is 14.0. The maximum absolute atomic E-state index is 13.7. The van der Waals surface area contributed by atoms with Crippen molar-refractivity contribution >= 4 is 29.9 Å². The molecule has 0 radical (unpaired) electrons. The van der Waals surface area contributed by atoms with Crippen molar-refractivity contribution in [1.82, 2.24) is 10.6 Å². The normalized spacial score (nSPS) is 12.5. The fourth-order valence-electron chi connectivity index (χ4n) is 2.74. The highest BCUT2D eigenvalue weighted by atomic mass is 127. The summed E-state index contributed by atoms with van der Waals surface area (Å²) < 4.78 is 29.5. The lowest BCUT2D eigenvalue weighted by atomic mass is 10.1.